The van der Waals surface area contributed by atoms with E-state index in [-0.39, 0.29) is 23.7 Å². The number of aromatic nitrogens is 1. The molecule has 0 spiro atoms. The minimum atomic E-state index is -0.189. The van der Waals surface area contributed by atoms with Crippen LogP contribution in [-0.4, -0.2) is 65.9 Å². The molecule has 1 aromatic rings. The summed E-state index contributed by atoms with van der Waals surface area (Å²) in [6.45, 7) is 4.25. The van der Waals surface area contributed by atoms with Gasteiger partial charge in [0.25, 0.3) is 5.91 Å². The second-order valence-electron chi connectivity index (χ2n) is 7.53. The maximum atomic E-state index is 13.3. The molecular formula is C19H27ClN4O2. The largest absolute Gasteiger partial charge is 0.339 e. The highest BCUT2D eigenvalue weighted by molar-refractivity contribution is 5.92. The van der Waals surface area contributed by atoms with E-state index in [1.807, 2.05) is 21.9 Å². The smallest absolute Gasteiger partial charge is 0.272 e. The second kappa shape index (κ2) is 7.92. The van der Waals surface area contributed by atoms with Crippen molar-refractivity contribution in [3.63, 3.8) is 0 Å². The minimum absolute atomic E-state index is 0. The van der Waals surface area contributed by atoms with Crippen molar-refractivity contribution in [3.8, 4) is 0 Å². The van der Waals surface area contributed by atoms with E-state index in [4.69, 9.17) is 0 Å². The molecular weight excluding hydrogens is 352 g/mol. The normalized spacial score (nSPS) is 28.2. The van der Waals surface area contributed by atoms with Gasteiger partial charge in [-0.05, 0) is 37.4 Å². The predicted octanol–water partition coefficient (Wildman–Crippen LogP) is 1.57. The van der Waals surface area contributed by atoms with Crippen LogP contribution in [0.5, 0.6) is 0 Å². The third-order valence-electron chi connectivity index (χ3n) is 6.20. The number of piperazine rings is 1. The molecule has 2 atom stereocenters. The number of hydrogen-bond acceptors (Lipinski definition) is 4. The summed E-state index contributed by atoms with van der Waals surface area (Å²) in [5.41, 5.74) is 0.291. The Hall–Kier alpha value is -1.66. The van der Waals surface area contributed by atoms with E-state index in [2.05, 4.69) is 10.3 Å². The van der Waals surface area contributed by atoms with Gasteiger partial charge in [-0.25, -0.2) is 0 Å². The zero-order chi connectivity index (χ0) is 17.3. The quantitative estimate of drug-likeness (QED) is 0.848. The number of halogens is 1. The number of hydrogen-bond donors (Lipinski definition) is 1. The molecule has 142 valence electrons. The third kappa shape index (κ3) is 3.32. The first-order valence-corrected chi connectivity index (χ1v) is 9.41. The fourth-order valence-corrected chi connectivity index (χ4v) is 4.75. The van der Waals surface area contributed by atoms with E-state index in [0.717, 1.165) is 32.4 Å². The van der Waals surface area contributed by atoms with E-state index in [9.17, 15) is 9.59 Å². The van der Waals surface area contributed by atoms with E-state index in [0.29, 0.717) is 43.7 Å². The van der Waals surface area contributed by atoms with Crippen LogP contribution in [0.2, 0.25) is 0 Å². The van der Waals surface area contributed by atoms with Gasteiger partial charge in [0.1, 0.15) is 5.69 Å². The lowest BCUT2D eigenvalue weighted by Gasteiger charge is -2.43. The van der Waals surface area contributed by atoms with Crippen molar-refractivity contribution in [1.29, 1.82) is 0 Å². The van der Waals surface area contributed by atoms with Crippen LogP contribution in [0.4, 0.5) is 0 Å². The first-order chi connectivity index (χ1) is 12.2. The standard InChI is InChI=1S/C19H26N4O2.ClH/c24-17(16-6-2-4-8-21-16)22-9-11-23(12-10-22)18(25)19-7-3-1-5-15(19)13-20-14-19;/h2,4,6,8,15,20H,1,3,5,7,9-14H2;1H/t15-,19+;/m0./s1. The maximum Gasteiger partial charge on any atom is 0.272 e. The van der Waals surface area contributed by atoms with Gasteiger partial charge in [-0.3, -0.25) is 14.6 Å². The molecule has 0 radical (unpaired) electrons. The van der Waals surface area contributed by atoms with Crippen molar-refractivity contribution in [2.24, 2.45) is 11.3 Å². The monoisotopic (exact) mass is 378 g/mol. The molecule has 0 bridgehead atoms. The summed E-state index contributed by atoms with van der Waals surface area (Å²) in [6.07, 6.45) is 6.21. The highest BCUT2D eigenvalue weighted by atomic mass is 35.5. The third-order valence-corrected chi connectivity index (χ3v) is 6.20. The lowest BCUT2D eigenvalue weighted by Crippen LogP contribution is -2.56. The van der Waals surface area contributed by atoms with Gasteiger partial charge in [-0.1, -0.05) is 18.9 Å². The van der Waals surface area contributed by atoms with E-state index in [1.54, 1.807) is 12.3 Å². The SMILES string of the molecule is Cl.O=C(c1ccccn1)N1CCN(C(=O)[C@@]23CCCC[C@H]2CNC3)CC1. The van der Waals surface area contributed by atoms with Crippen molar-refractivity contribution < 1.29 is 9.59 Å². The molecule has 2 aliphatic heterocycles. The van der Waals surface area contributed by atoms with Crippen molar-refractivity contribution in [3.05, 3.63) is 30.1 Å². The molecule has 2 saturated heterocycles. The average molecular weight is 379 g/mol. The molecule has 1 saturated carbocycles. The molecule has 0 aromatic carbocycles. The van der Waals surface area contributed by atoms with Crippen LogP contribution in [0.15, 0.2) is 24.4 Å². The van der Waals surface area contributed by atoms with Gasteiger partial charge in [0.15, 0.2) is 0 Å². The van der Waals surface area contributed by atoms with Crippen LogP contribution in [0.25, 0.3) is 0 Å². The number of nitrogens with zero attached hydrogens (tertiary/aromatic N) is 3. The fourth-order valence-electron chi connectivity index (χ4n) is 4.75. The second-order valence-corrected chi connectivity index (χ2v) is 7.53. The Balaban J connectivity index is 0.00000196. The van der Waals surface area contributed by atoms with Gasteiger partial charge in [0.2, 0.25) is 5.91 Å². The zero-order valence-electron chi connectivity index (χ0n) is 15.0. The van der Waals surface area contributed by atoms with Crippen molar-refractivity contribution in [2.45, 2.75) is 25.7 Å². The molecule has 3 aliphatic rings. The highest BCUT2D eigenvalue weighted by Gasteiger charge is 2.51. The molecule has 26 heavy (non-hydrogen) atoms. The van der Waals surface area contributed by atoms with Crippen LogP contribution in [-0.2, 0) is 4.79 Å². The van der Waals surface area contributed by atoms with Crippen molar-refractivity contribution in [1.82, 2.24) is 20.1 Å². The number of rotatable bonds is 2. The van der Waals surface area contributed by atoms with Gasteiger partial charge in [0, 0.05) is 38.9 Å². The van der Waals surface area contributed by atoms with Crippen LogP contribution < -0.4 is 5.32 Å². The van der Waals surface area contributed by atoms with Gasteiger partial charge in [-0.15, -0.1) is 12.4 Å². The molecule has 3 heterocycles. The van der Waals surface area contributed by atoms with Crippen LogP contribution >= 0.6 is 12.4 Å². The lowest BCUT2D eigenvalue weighted by atomic mass is 9.67. The molecule has 1 N–H and O–H groups in total. The molecule has 3 fully saturated rings. The summed E-state index contributed by atoms with van der Waals surface area (Å²) in [6, 6.07) is 5.38. The Morgan fingerprint density at radius 2 is 1.88 bits per heavy atom. The molecule has 4 rings (SSSR count). The molecule has 6 nitrogen and oxygen atoms in total. The Kier molecular flexibility index (Phi) is 5.82. The van der Waals surface area contributed by atoms with Crippen LogP contribution in [0.3, 0.4) is 0 Å². The number of carbonyl (C=O) groups excluding carboxylic acids is 2. The molecule has 0 unspecified atom stereocenters. The van der Waals surface area contributed by atoms with E-state index in [1.165, 1.54) is 6.42 Å². The average Bonchev–Trinajstić information content (AvgIpc) is 3.13. The van der Waals surface area contributed by atoms with Crippen molar-refractivity contribution >= 4 is 24.2 Å². The molecule has 1 aromatic heterocycles. The van der Waals surface area contributed by atoms with Gasteiger partial charge < -0.3 is 15.1 Å². The van der Waals surface area contributed by atoms with Gasteiger partial charge >= 0.3 is 0 Å². The zero-order valence-corrected chi connectivity index (χ0v) is 15.8. The molecule has 2 amide bonds. The first kappa shape index (κ1) is 19.1. The number of pyridine rings is 1. The van der Waals surface area contributed by atoms with E-state index < -0.39 is 0 Å². The minimum Gasteiger partial charge on any atom is -0.339 e. The number of amides is 2. The number of carbonyl (C=O) groups is 2. The van der Waals surface area contributed by atoms with Crippen LogP contribution in [0.1, 0.15) is 36.2 Å². The summed E-state index contributed by atoms with van der Waals surface area (Å²) < 4.78 is 0. The Morgan fingerprint density at radius 1 is 1.12 bits per heavy atom. The van der Waals surface area contributed by atoms with Gasteiger partial charge in [0.05, 0.1) is 5.41 Å². The number of fused-ring (bicyclic) bond motifs is 1. The highest BCUT2D eigenvalue weighted by Crippen LogP contribution is 2.45. The summed E-state index contributed by atoms with van der Waals surface area (Å²) in [7, 11) is 0. The summed E-state index contributed by atoms with van der Waals surface area (Å²) >= 11 is 0. The van der Waals surface area contributed by atoms with Crippen LogP contribution in [0, 0.1) is 11.3 Å². The topological polar surface area (TPSA) is 65.5 Å². The van der Waals surface area contributed by atoms with E-state index >= 15 is 0 Å². The lowest BCUT2D eigenvalue weighted by molar-refractivity contribution is -0.146. The Bertz CT molecular complexity index is 648. The van der Waals surface area contributed by atoms with Crippen molar-refractivity contribution in [2.75, 3.05) is 39.3 Å². The first-order valence-electron chi connectivity index (χ1n) is 9.41. The Morgan fingerprint density at radius 3 is 2.62 bits per heavy atom. The molecule has 1 aliphatic carbocycles. The number of nitrogens with one attached hydrogen (secondary N) is 1. The summed E-state index contributed by atoms with van der Waals surface area (Å²) in [4.78, 5) is 33.7. The maximum absolute atomic E-state index is 13.3. The van der Waals surface area contributed by atoms with Gasteiger partial charge in [-0.2, -0.15) is 0 Å². The molecule has 7 heteroatoms. The Labute approximate surface area is 160 Å². The predicted molar refractivity (Wildman–Crippen MR) is 101 cm³/mol. The fraction of sp³-hybridized carbons (Fsp3) is 0.632. The summed E-state index contributed by atoms with van der Waals surface area (Å²) in [5, 5.41) is 3.45. The summed E-state index contributed by atoms with van der Waals surface area (Å²) in [5.74, 6) is 0.762.